The molecule has 0 heterocycles. The molecule has 1 unspecified atom stereocenters. The van der Waals surface area contributed by atoms with Crippen molar-refractivity contribution in [1.29, 1.82) is 0 Å². The zero-order chi connectivity index (χ0) is 10.1. The molecule has 1 atom stereocenters. The van der Waals surface area contributed by atoms with Crippen molar-refractivity contribution in [2.45, 2.75) is 13.3 Å². The first-order valence-electron chi connectivity index (χ1n) is 4.63. The van der Waals surface area contributed by atoms with Crippen LogP contribution in [0.25, 0.3) is 0 Å². The van der Waals surface area contributed by atoms with Gasteiger partial charge in [0, 0.05) is 18.2 Å². The fraction of sp³-hybridized carbons (Fsp3) is 0.889. The highest BCUT2D eigenvalue weighted by Gasteiger charge is 2.10. The number of carbonyl (C=O) groups excluding carboxylic acids is 1. The summed E-state index contributed by atoms with van der Waals surface area (Å²) < 4.78 is 0. The number of nitrogens with one attached hydrogen (secondary N) is 2. The fourth-order valence-corrected chi connectivity index (χ4v) is 1.63. The van der Waals surface area contributed by atoms with Crippen LogP contribution in [0.2, 0.25) is 0 Å². The molecule has 0 fully saturated rings. The molecule has 0 saturated heterocycles. The molecule has 2 N–H and O–H groups in total. The van der Waals surface area contributed by atoms with Gasteiger partial charge in [0.15, 0.2) is 0 Å². The van der Waals surface area contributed by atoms with Crippen LogP contribution in [0, 0.1) is 5.92 Å². The van der Waals surface area contributed by atoms with Crippen molar-refractivity contribution in [3.05, 3.63) is 0 Å². The van der Waals surface area contributed by atoms with Crippen molar-refractivity contribution < 1.29 is 4.79 Å². The van der Waals surface area contributed by atoms with E-state index in [1.165, 1.54) is 0 Å². The summed E-state index contributed by atoms with van der Waals surface area (Å²) >= 11 is 1.71. The Morgan fingerprint density at radius 1 is 1.43 bits per heavy atom. The van der Waals surface area contributed by atoms with Crippen LogP contribution in [0.3, 0.4) is 0 Å². The minimum Gasteiger partial charge on any atom is -0.356 e. The summed E-state index contributed by atoms with van der Waals surface area (Å²) in [7, 11) is 1.91. The molecule has 0 radical (unpaired) electrons. The van der Waals surface area contributed by atoms with E-state index in [2.05, 4.69) is 10.6 Å². The summed E-state index contributed by atoms with van der Waals surface area (Å²) in [6.45, 7) is 3.69. The second-order valence-corrected chi connectivity index (χ2v) is 4.02. The molecule has 0 aromatic heterocycles. The SMILES string of the molecule is CNCCCNC(=O)C(C)CSC.Cl. The number of rotatable bonds is 7. The second-order valence-electron chi connectivity index (χ2n) is 3.10. The first-order valence-corrected chi connectivity index (χ1v) is 6.03. The third-order valence-corrected chi connectivity index (χ3v) is 2.60. The van der Waals surface area contributed by atoms with Crippen molar-refractivity contribution in [1.82, 2.24) is 10.6 Å². The predicted octanol–water partition coefficient (Wildman–Crippen LogP) is 1.13. The lowest BCUT2D eigenvalue weighted by Gasteiger charge is -2.10. The average Bonchev–Trinajstić information content (AvgIpc) is 2.12. The molecule has 5 heteroatoms. The van der Waals surface area contributed by atoms with Gasteiger partial charge in [0.1, 0.15) is 0 Å². The topological polar surface area (TPSA) is 41.1 Å². The molecule has 1 amide bonds. The monoisotopic (exact) mass is 240 g/mol. The standard InChI is InChI=1S/C9H20N2OS.ClH/c1-8(7-13-3)9(12)11-6-4-5-10-2;/h8,10H,4-7H2,1-3H3,(H,11,12);1H. The average molecular weight is 241 g/mol. The molecular formula is C9H21ClN2OS. The number of hydrogen-bond acceptors (Lipinski definition) is 3. The van der Waals surface area contributed by atoms with Gasteiger partial charge in [-0.25, -0.2) is 0 Å². The number of hydrogen-bond donors (Lipinski definition) is 2. The van der Waals surface area contributed by atoms with Gasteiger partial charge in [0.25, 0.3) is 0 Å². The Balaban J connectivity index is 0. The zero-order valence-corrected chi connectivity index (χ0v) is 10.8. The van der Waals surface area contributed by atoms with Crippen LogP contribution < -0.4 is 10.6 Å². The Kier molecular flexibility index (Phi) is 13.1. The lowest BCUT2D eigenvalue weighted by molar-refractivity contribution is -0.123. The Bertz CT molecular complexity index is 147. The van der Waals surface area contributed by atoms with Crippen LogP contribution in [0.5, 0.6) is 0 Å². The van der Waals surface area contributed by atoms with Crippen LogP contribution in [-0.4, -0.2) is 38.1 Å². The molecule has 0 aromatic carbocycles. The highest BCUT2D eigenvalue weighted by Crippen LogP contribution is 2.03. The molecule has 0 aliphatic rings. The van der Waals surface area contributed by atoms with Gasteiger partial charge in [0.05, 0.1) is 0 Å². The second kappa shape index (κ2) is 11.1. The van der Waals surface area contributed by atoms with Gasteiger partial charge in [-0.15, -0.1) is 12.4 Å². The van der Waals surface area contributed by atoms with Gasteiger partial charge in [-0.05, 0) is 26.3 Å². The van der Waals surface area contributed by atoms with Crippen LogP contribution in [-0.2, 0) is 4.79 Å². The molecule has 0 spiro atoms. The number of halogens is 1. The van der Waals surface area contributed by atoms with Gasteiger partial charge in [-0.3, -0.25) is 4.79 Å². The molecule has 3 nitrogen and oxygen atoms in total. The minimum atomic E-state index is 0. The summed E-state index contributed by atoms with van der Waals surface area (Å²) in [5.41, 5.74) is 0. The molecule has 14 heavy (non-hydrogen) atoms. The summed E-state index contributed by atoms with van der Waals surface area (Å²) in [4.78, 5) is 11.4. The number of thioether (sulfide) groups is 1. The van der Waals surface area contributed by atoms with Crippen LogP contribution in [0.15, 0.2) is 0 Å². The summed E-state index contributed by atoms with van der Waals surface area (Å²) in [6.07, 6.45) is 3.01. The molecule has 0 rings (SSSR count). The van der Waals surface area contributed by atoms with Gasteiger partial charge in [0.2, 0.25) is 5.91 Å². The lowest BCUT2D eigenvalue weighted by atomic mass is 10.2. The van der Waals surface area contributed by atoms with Gasteiger partial charge < -0.3 is 10.6 Å². The maximum Gasteiger partial charge on any atom is 0.223 e. The van der Waals surface area contributed by atoms with Crippen LogP contribution >= 0.6 is 24.2 Å². The molecule has 0 saturated carbocycles. The Hall–Kier alpha value is 0.0700. The third-order valence-electron chi connectivity index (χ3n) is 1.77. The predicted molar refractivity (Wildman–Crippen MR) is 66.3 cm³/mol. The van der Waals surface area contributed by atoms with Crippen molar-refractivity contribution in [3.8, 4) is 0 Å². The Labute approximate surface area is 97.2 Å². The molecule has 0 bridgehead atoms. The highest BCUT2D eigenvalue weighted by atomic mass is 35.5. The van der Waals surface area contributed by atoms with E-state index in [-0.39, 0.29) is 24.2 Å². The van der Waals surface area contributed by atoms with Gasteiger partial charge in [-0.2, -0.15) is 11.8 Å². The lowest BCUT2D eigenvalue weighted by Crippen LogP contribution is -2.32. The van der Waals surface area contributed by atoms with Crippen molar-refractivity contribution in [3.63, 3.8) is 0 Å². The summed E-state index contributed by atoms with van der Waals surface area (Å²) in [5, 5.41) is 5.95. The van der Waals surface area contributed by atoms with E-state index >= 15 is 0 Å². The Morgan fingerprint density at radius 3 is 2.57 bits per heavy atom. The van der Waals surface area contributed by atoms with Crippen LogP contribution in [0.1, 0.15) is 13.3 Å². The molecule has 86 valence electrons. The van der Waals surface area contributed by atoms with E-state index in [0.29, 0.717) is 0 Å². The summed E-state index contributed by atoms with van der Waals surface area (Å²) in [5.74, 6) is 1.20. The molecular weight excluding hydrogens is 220 g/mol. The molecule has 0 aliphatic heterocycles. The van der Waals surface area contributed by atoms with Crippen molar-refractivity contribution >= 4 is 30.1 Å². The summed E-state index contributed by atoms with van der Waals surface area (Å²) in [6, 6.07) is 0. The van der Waals surface area contributed by atoms with Gasteiger partial charge in [-0.1, -0.05) is 6.92 Å². The normalized spacial score (nSPS) is 11.6. The third kappa shape index (κ3) is 8.66. The fourth-order valence-electron chi connectivity index (χ4n) is 0.977. The number of carbonyl (C=O) groups is 1. The largest absolute Gasteiger partial charge is 0.356 e. The highest BCUT2D eigenvalue weighted by molar-refractivity contribution is 7.98. The van der Waals surface area contributed by atoms with Crippen molar-refractivity contribution in [2.24, 2.45) is 5.92 Å². The zero-order valence-electron chi connectivity index (χ0n) is 9.13. The molecule has 0 aliphatic carbocycles. The first-order chi connectivity index (χ1) is 6.22. The number of amides is 1. The van der Waals surface area contributed by atoms with Gasteiger partial charge >= 0.3 is 0 Å². The van der Waals surface area contributed by atoms with Crippen molar-refractivity contribution in [2.75, 3.05) is 32.1 Å². The quantitative estimate of drug-likeness (QED) is 0.656. The first kappa shape index (κ1) is 16.5. The van der Waals surface area contributed by atoms with Crippen LogP contribution in [0.4, 0.5) is 0 Å². The van der Waals surface area contributed by atoms with E-state index in [1.54, 1.807) is 11.8 Å². The van der Waals surface area contributed by atoms with E-state index in [0.717, 1.165) is 25.3 Å². The molecule has 0 aromatic rings. The van der Waals surface area contributed by atoms with E-state index in [1.807, 2.05) is 20.2 Å². The maximum atomic E-state index is 11.4. The van der Waals surface area contributed by atoms with E-state index in [9.17, 15) is 4.79 Å². The maximum absolute atomic E-state index is 11.4. The van der Waals surface area contributed by atoms with E-state index < -0.39 is 0 Å². The van der Waals surface area contributed by atoms with E-state index in [4.69, 9.17) is 0 Å². The Morgan fingerprint density at radius 2 is 2.07 bits per heavy atom. The smallest absolute Gasteiger partial charge is 0.223 e. The minimum absolute atomic E-state index is 0.